The van der Waals surface area contributed by atoms with Crippen LogP contribution in [-0.4, -0.2) is 35.7 Å². The molecule has 1 aliphatic rings. The molecule has 114 valence electrons. The first-order chi connectivity index (χ1) is 10.1. The number of carbonyl (C=O) groups excluding carboxylic acids is 1. The first-order valence-corrected chi connectivity index (χ1v) is 7.80. The molecular formula is C16H22N2O2S. The molecule has 0 radical (unpaired) electrons. The molecule has 4 nitrogen and oxygen atoms in total. The number of hydrogen-bond donors (Lipinski definition) is 1. The second-order valence-corrected chi connectivity index (χ2v) is 5.67. The molecule has 1 unspecified atom stereocenters. The Morgan fingerprint density at radius 3 is 2.95 bits per heavy atom. The van der Waals surface area contributed by atoms with Crippen LogP contribution in [0.3, 0.4) is 0 Å². The van der Waals surface area contributed by atoms with Crippen molar-refractivity contribution in [1.82, 2.24) is 4.90 Å². The van der Waals surface area contributed by atoms with Crippen molar-refractivity contribution in [2.24, 2.45) is 5.92 Å². The summed E-state index contributed by atoms with van der Waals surface area (Å²) in [4.78, 5) is 13.9. The summed E-state index contributed by atoms with van der Waals surface area (Å²) in [5.41, 5.74) is 2.17. The maximum Gasteiger partial charge on any atom is 0.310 e. The largest absolute Gasteiger partial charge is 0.466 e. The third-order valence-corrected chi connectivity index (χ3v) is 4.08. The van der Waals surface area contributed by atoms with Gasteiger partial charge in [-0.1, -0.05) is 18.2 Å². The summed E-state index contributed by atoms with van der Waals surface area (Å²) in [5, 5.41) is 3.96. The lowest BCUT2D eigenvalue weighted by molar-refractivity contribution is -0.149. The van der Waals surface area contributed by atoms with Gasteiger partial charge in [0.05, 0.1) is 12.5 Å². The Kier molecular flexibility index (Phi) is 5.56. The molecule has 0 amide bonds. The molecule has 0 saturated carbocycles. The molecule has 1 aromatic rings. The number of piperidine rings is 1. The number of benzene rings is 1. The predicted octanol–water partition coefficient (Wildman–Crippen LogP) is 2.97. The highest BCUT2D eigenvalue weighted by atomic mass is 32.1. The fraction of sp³-hybridized carbons (Fsp3) is 0.500. The minimum atomic E-state index is -0.110. The SMILES string of the molecule is CCOC(=O)C1CCCN(C(=S)Nc2ccccc2C)C1. The van der Waals surface area contributed by atoms with E-state index in [0.29, 0.717) is 18.3 Å². The zero-order valence-electron chi connectivity index (χ0n) is 12.6. The number of likely N-dealkylation sites (tertiary alicyclic amines) is 1. The van der Waals surface area contributed by atoms with E-state index < -0.39 is 0 Å². The summed E-state index contributed by atoms with van der Waals surface area (Å²) >= 11 is 5.48. The molecule has 2 rings (SSSR count). The number of esters is 1. The van der Waals surface area contributed by atoms with Gasteiger partial charge in [-0.05, 0) is 50.5 Å². The van der Waals surface area contributed by atoms with Crippen LogP contribution in [-0.2, 0) is 9.53 Å². The maximum atomic E-state index is 11.9. The van der Waals surface area contributed by atoms with E-state index in [4.69, 9.17) is 17.0 Å². The second-order valence-electron chi connectivity index (χ2n) is 5.28. The third kappa shape index (κ3) is 4.17. The molecule has 1 aliphatic heterocycles. The highest BCUT2D eigenvalue weighted by molar-refractivity contribution is 7.80. The van der Waals surface area contributed by atoms with Crippen LogP contribution >= 0.6 is 12.2 Å². The summed E-state index contributed by atoms with van der Waals surface area (Å²) < 4.78 is 5.12. The first-order valence-electron chi connectivity index (χ1n) is 7.40. The van der Waals surface area contributed by atoms with E-state index in [0.717, 1.165) is 30.6 Å². The van der Waals surface area contributed by atoms with Gasteiger partial charge < -0.3 is 15.0 Å². The van der Waals surface area contributed by atoms with E-state index in [1.165, 1.54) is 0 Å². The molecule has 1 atom stereocenters. The van der Waals surface area contributed by atoms with Gasteiger partial charge >= 0.3 is 5.97 Å². The van der Waals surface area contributed by atoms with Gasteiger partial charge in [0.15, 0.2) is 5.11 Å². The van der Waals surface area contributed by atoms with Crippen LogP contribution in [0.4, 0.5) is 5.69 Å². The van der Waals surface area contributed by atoms with Crippen molar-refractivity contribution in [1.29, 1.82) is 0 Å². The normalized spacial score (nSPS) is 18.2. The summed E-state index contributed by atoms with van der Waals surface area (Å²) in [6.07, 6.45) is 1.83. The van der Waals surface area contributed by atoms with Crippen molar-refractivity contribution < 1.29 is 9.53 Å². The van der Waals surface area contributed by atoms with E-state index in [-0.39, 0.29) is 11.9 Å². The van der Waals surface area contributed by atoms with Gasteiger partial charge in [0.1, 0.15) is 0 Å². The van der Waals surface area contributed by atoms with E-state index in [9.17, 15) is 4.79 Å². The van der Waals surface area contributed by atoms with Gasteiger partial charge in [-0.25, -0.2) is 0 Å². The van der Waals surface area contributed by atoms with Gasteiger partial charge in [0.2, 0.25) is 0 Å². The fourth-order valence-corrected chi connectivity index (χ4v) is 2.80. The summed E-state index contributed by atoms with van der Waals surface area (Å²) in [7, 11) is 0. The molecule has 5 heteroatoms. The minimum absolute atomic E-state index is 0.0738. The molecule has 1 aromatic carbocycles. The predicted molar refractivity (Wildman–Crippen MR) is 88.3 cm³/mol. The van der Waals surface area contributed by atoms with E-state index >= 15 is 0 Å². The minimum Gasteiger partial charge on any atom is -0.466 e. The number of nitrogens with one attached hydrogen (secondary N) is 1. The highest BCUT2D eigenvalue weighted by Crippen LogP contribution is 2.20. The van der Waals surface area contributed by atoms with Crippen molar-refractivity contribution in [3.8, 4) is 0 Å². The Hall–Kier alpha value is -1.62. The Morgan fingerprint density at radius 1 is 1.48 bits per heavy atom. The van der Waals surface area contributed by atoms with Gasteiger partial charge in [-0.2, -0.15) is 0 Å². The summed E-state index contributed by atoms with van der Waals surface area (Å²) in [5.74, 6) is -0.184. The fourth-order valence-electron chi connectivity index (χ4n) is 2.52. The van der Waals surface area contributed by atoms with Crippen molar-refractivity contribution in [2.45, 2.75) is 26.7 Å². The van der Waals surface area contributed by atoms with Crippen molar-refractivity contribution >= 4 is 29.0 Å². The maximum absolute atomic E-state index is 11.9. The van der Waals surface area contributed by atoms with Gasteiger partial charge in [-0.15, -0.1) is 0 Å². The topological polar surface area (TPSA) is 41.6 Å². The molecule has 1 N–H and O–H groups in total. The van der Waals surface area contributed by atoms with E-state index in [1.54, 1.807) is 0 Å². The molecule has 0 spiro atoms. The monoisotopic (exact) mass is 306 g/mol. The molecular weight excluding hydrogens is 284 g/mol. The Bertz CT molecular complexity index is 519. The van der Waals surface area contributed by atoms with Crippen LogP contribution in [0.15, 0.2) is 24.3 Å². The quantitative estimate of drug-likeness (QED) is 0.687. The standard InChI is InChI=1S/C16H22N2O2S/c1-3-20-15(19)13-8-6-10-18(11-13)16(21)17-14-9-5-4-7-12(14)2/h4-5,7,9,13H,3,6,8,10-11H2,1-2H3,(H,17,21). The number of aryl methyl sites for hydroxylation is 1. The van der Waals surface area contributed by atoms with Crippen LogP contribution in [0.1, 0.15) is 25.3 Å². The second kappa shape index (κ2) is 7.41. The number of hydrogen-bond acceptors (Lipinski definition) is 3. The molecule has 21 heavy (non-hydrogen) atoms. The third-order valence-electron chi connectivity index (χ3n) is 3.72. The van der Waals surface area contributed by atoms with Crippen molar-refractivity contribution in [2.75, 3.05) is 25.0 Å². The van der Waals surface area contributed by atoms with Crippen molar-refractivity contribution in [3.05, 3.63) is 29.8 Å². The average Bonchev–Trinajstić information content (AvgIpc) is 2.50. The lowest BCUT2D eigenvalue weighted by atomic mass is 9.98. The van der Waals surface area contributed by atoms with Crippen LogP contribution < -0.4 is 5.32 Å². The molecule has 0 bridgehead atoms. The zero-order valence-corrected chi connectivity index (χ0v) is 13.4. The van der Waals surface area contributed by atoms with Gasteiger partial charge in [0, 0.05) is 18.8 Å². The number of ether oxygens (including phenoxy) is 1. The lowest BCUT2D eigenvalue weighted by Gasteiger charge is -2.33. The van der Waals surface area contributed by atoms with Crippen LogP contribution in [0.5, 0.6) is 0 Å². The lowest BCUT2D eigenvalue weighted by Crippen LogP contribution is -2.44. The zero-order chi connectivity index (χ0) is 15.2. The molecule has 1 fully saturated rings. The number of nitrogens with zero attached hydrogens (tertiary/aromatic N) is 1. The number of carbonyl (C=O) groups is 1. The van der Waals surface area contributed by atoms with Crippen LogP contribution in [0.2, 0.25) is 0 Å². The number of thiocarbonyl (C=S) groups is 1. The first kappa shape index (κ1) is 15.8. The van der Waals surface area contributed by atoms with E-state index in [2.05, 4.69) is 10.2 Å². The summed E-state index contributed by atoms with van der Waals surface area (Å²) in [6.45, 7) is 5.83. The van der Waals surface area contributed by atoms with Crippen LogP contribution in [0.25, 0.3) is 0 Å². The van der Waals surface area contributed by atoms with E-state index in [1.807, 2.05) is 38.1 Å². The molecule has 0 aliphatic carbocycles. The number of para-hydroxylation sites is 1. The van der Waals surface area contributed by atoms with Crippen molar-refractivity contribution in [3.63, 3.8) is 0 Å². The van der Waals surface area contributed by atoms with Crippen LogP contribution in [0, 0.1) is 12.8 Å². The number of anilines is 1. The average molecular weight is 306 g/mol. The summed E-state index contributed by atoms with van der Waals surface area (Å²) in [6, 6.07) is 8.04. The Balaban J connectivity index is 1.96. The highest BCUT2D eigenvalue weighted by Gasteiger charge is 2.28. The molecule has 1 saturated heterocycles. The Morgan fingerprint density at radius 2 is 2.24 bits per heavy atom. The van der Waals surface area contributed by atoms with Gasteiger partial charge in [-0.3, -0.25) is 4.79 Å². The number of rotatable bonds is 3. The molecule has 1 heterocycles. The Labute approximate surface area is 131 Å². The molecule has 0 aromatic heterocycles. The smallest absolute Gasteiger partial charge is 0.310 e. The van der Waals surface area contributed by atoms with Gasteiger partial charge in [0.25, 0.3) is 0 Å².